The number of aromatic carboxylic acids is 1. The molecule has 2 aromatic heterocycles. The van der Waals surface area contributed by atoms with Crippen molar-refractivity contribution >= 4 is 45.7 Å². The van der Waals surface area contributed by atoms with Crippen molar-refractivity contribution in [3.05, 3.63) is 89.2 Å². The van der Waals surface area contributed by atoms with Crippen molar-refractivity contribution in [2.75, 3.05) is 54.2 Å². The number of carboxylic acid groups (broad SMARTS) is 2. The van der Waals surface area contributed by atoms with E-state index in [9.17, 15) is 24.3 Å². The van der Waals surface area contributed by atoms with Gasteiger partial charge in [0.2, 0.25) is 0 Å². The van der Waals surface area contributed by atoms with Crippen LogP contribution in [0, 0.1) is 0 Å². The summed E-state index contributed by atoms with van der Waals surface area (Å²) in [7, 11) is 5.38. The lowest BCUT2D eigenvalue weighted by atomic mass is 10.1. The van der Waals surface area contributed by atoms with Crippen LogP contribution in [0.2, 0.25) is 0 Å². The smallest absolute Gasteiger partial charge is 0.347 e. The highest BCUT2D eigenvalue weighted by atomic mass is 16.5. The summed E-state index contributed by atoms with van der Waals surface area (Å²) in [6.07, 6.45) is 5.08. The topological polar surface area (TPSA) is 184 Å². The van der Waals surface area contributed by atoms with Gasteiger partial charge in [-0.05, 0) is 74.5 Å². The van der Waals surface area contributed by atoms with Gasteiger partial charge in [-0.25, -0.2) is 9.59 Å². The average molecular weight is 715 g/mol. The Morgan fingerprint density at radius 2 is 1.25 bits per heavy atom. The number of aliphatic carboxylic acids is 1. The first-order chi connectivity index (χ1) is 25.0. The molecular formula is C38H42N4O10. The standard InChI is InChI=1S/C38H42N4O10/c1-41(17-13-24-21-39-28-9-5-11-30(34(24)28)51-33(45)16-20-50-19-15-32(43)44)23-42(2)18-14-25-22-40-29-10-6-12-31(35(25)29)52-38(48)27-8-4-7-26(37(46)47)36(27)49-3/h4-12,21-22,39-40H,13-20,23H2,1-3H3,(H,43,44)(H,46,47). The molecule has 2 heterocycles. The number of methoxy groups -OCH3 is 1. The average Bonchev–Trinajstić information content (AvgIpc) is 3.74. The van der Waals surface area contributed by atoms with Gasteiger partial charge < -0.3 is 39.1 Å². The van der Waals surface area contributed by atoms with Gasteiger partial charge in [-0.15, -0.1) is 0 Å². The zero-order valence-electron chi connectivity index (χ0n) is 29.3. The summed E-state index contributed by atoms with van der Waals surface area (Å²) in [5.74, 6) is -2.60. The van der Waals surface area contributed by atoms with Crippen LogP contribution in [0.25, 0.3) is 21.8 Å². The molecule has 52 heavy (non-hydrogen) atoms. The van der Waals surface area contributed by atoms with Crippen molar-refractivity contribution in [3.63, 3.8) is 0 Å². The highest BCUT2D eigenvalue weighted by Crippen LogP contribution is 2.32. The monoisotopic (exact) mass is 714 g/mol. The highest BCUT2D eigenvalue weighted by Gasteiger charge is 2.23. The number of esters is 2. The van der Waals surface area contributed by atoms with Crippen molar-refractivity contribution in [2.24, 2.45) is 0 Å². The van der Waals surface area contributed by atoms with E-state index in [0.29, 0.717) is 37.6 Å². The molecule has 0 atom stereocenters. The van der Waals surface area contributed by atoms with Crippen LogP contribution in [0.1, 0.15) is 44.7 Å². The van der Waals surface area contributed by atoms with Crippen molar-refractivity contribution in [1.29, 1.82) is 0 Å². The van der Waals surface area contributed by atoms with E-state index < -0.39 is 23.9 Å². The van der Waals surface area contributed by atoms with Crippen LogP contribution in [0.4, 0.5) is 0 Å². The summed E-state index contributed by atoms with van der Waals surface area (Å²) in [5.41, 5.74) is 3.52. The van der Waals surface area contributed by atoms with Gasteiger partial charge in [0.05, 0.1) is 39.8 Å². The van der Waals surface area contributed by atoms with Crippen LogP contribution >= 0.6 is 0 Å². The highest BCUT2D eigenvalue weighted by molar-refractivity contribution is 6.01. The van der Waals surface area contributed by atoms with E-state index in [1.54, 1.807) is 18.2 Å². The molecule has 0 radical (unpaired) electrons. The third-order valence-electron chi connectivity index (χ3n) is 8.51. The van der Waals surface area contributed by atoms with Crippen molar-refractivity contribution in [3.8, 4) is 17.2 Å². The van der Waals surface area contributed by atoms with Crippen LogP contribution in [0.15, 0.2) is 67.0 Å². The van der Waals surface area contributed by atoms with Gasteiger partial charge >= 0.3 is 23.9 Å². The van der Waals surface area contributed by atoms with Gasteiger partial charge in [0, 0.05) is 47.3 Å². The number of aromatic nitrogens is 2. The third kappa shape index (κ3) is 9.34. The molecule has 0 aliphatic heterocycles. The van der Waals surface area contributed by atoms with E-state index in [0.717, 1.165) is 39.5 Å². The number of carbonyl (C=O) groups is 4. The Kier molecular flexibility index (Phi) is 12.6. The molecule has 14 heteroatoms. The van der Waals surface area contributed by atoms with Gasteiger partial charge in [-0.1, -0.05) is 18.2 Å². The number of rotatable bonds is 19. The van der Waals surface area contributed by atoms with Gasteiger partial charge in [0.1, 0.15) is 28.4 Å². The molecular weight excluding hydrogens is 672 g/mol. The normalized spacial score (nSPS) is 11.4. The quantitative estimate of drug-likeness (QED) is 0.0391. The molecule has 0 aliphatic rings. The molecule has 0 unspecified atom stereocenters. The van der Waals surface area contributed by atoms with E-state index in [2.05, 4.69) is 19.8 Å². The number of nitrogens with zero attached hydrogens (tertiary/aromatic N) is 2. The second kappa shape index (κ2) is 17.5. The number of carbonyl (C=O) groups excluding carboxylic acids is 2. The largest absolute Gasteiger partial charge is 0.495 e. The number of carboxylic acids is 2. The first-order valence-electron chi connectivity index (χ1n) is 16.7. The Labute approximate surface area is 299 Å². The fourth-order valence-corrected chi connectivity index (χ4v) is 6.01. The molecule has 5 aromatic rings. The number of aromatic amines is 2. The van der Waals surface area contributed by atoms with Crippen LogP contribution in [-0.2, 0) is 27.2 Å². The van der Waals surface area contributed by atoms with Crippen LogP contribution in [-0.4, -0.2) is 108 Å². The molecule has 14 nitrogen and oxygen atoms in total. The van der Waals surface area contributed by atoms with Crippen LogP contribution in [0.3, 0.4) is 0 Å². The minimum atomic E-state index is -1.21. The molecule has 0 saturated carbocycles. The number of para-hydroxylation sites is 1. The first-order valence-corrected chi connectivity index (χ1v) is 16.7. The Morgan fingerprint density at radius 3 is 1.81 bits per heavy atom. The number of fused-ring (bicyclic) bond motifs is 2. The molecule has 0 bridgehead atoms. The number of hydrogen-bond acceptors (Lipinski definition) is 10. The number of H-pyrrole nitrogens is 2. The maximum absolute atomic E-state index is 13.2. The predicted molar refractivity (Wildman–Crippen MR) is 192 cm³/mol. The van der Waals surface area contributed by atoms with E-state index in [-0.39, 0.29) is 42.9 Å². The molecule has 0 aliphatic carbocycles. The molecule has 0 saturated heterocycles. The molecule has 274 valence electrons. The Morgan fingerprint density at radius 1 is 0.712 bits per heavy atom. The van der Waals surface area contributed by atoms with E-state index in [1.165, 1.54) is 25.3 Å². The molecule has 3 aromatic carbocycles. The maximum atomic E-state index is 13.2. The Bertz CT molecular complexity index is 2050. The zero-order chi connectivity index (χ0) is 37.2. The number of benzene rings is 3. The second-order valence-corrected chi connectivity index (χ2v) is 12.3. The number of hydrogen-bond donors (Lipinski definition) is 4. The number of nitrogens with one attached hydrogen (secondary N) is 2. The summed E-state index contributed by atoms with van der Waals surface area (Å²) in [6, 6.07) is 15.2. The summed E-state index contributed by atoms with van der Waals surface area (Å²) in [6.45, 7) is 2.24. The SMILES string of the molecule is COc1c(C(=O)O)cccc1C(=O)Oc1cccc2[nH]cc(CCN(C)CN(C)CCc3c[nH]c4cccc(OC(=O)CCOCCC(=O)O)c34)c12. The predicted octanol–water partition coefficient (Wildman–Crippen LogP) is 4.97. The zero-order valence-corrected chi connectivity index (χ0v) is 29.3. The molecule has 0 fully saturated rings. The lowest BCUT2D eigenvalue weighted by Crippen LogP contribution is -2.35. The molecule has 5 rings (SSSR count). The Hall–Kier alpha value is -5.70. The third-order valence-corrected chi connectivity index (χ3v) is 8.51. The van der Waals surface area contributed by atoms with Crippen molar-refractivity contribution in [2.45, 2.75) is 25.7 Å². The summed E-state index contributed by atoms with van der Waals surface area (Å²) < 4.78 is 22.0. The molecule has 0 spiro atoms. The minimum absolute atomic E-state index is 0.00806. The summed E-state index contributed by atoms with van der Waals surface area (Å²) >= 11 is 0. The second-order valence-electron chi connectivity index (χ2n) is 12.3. The molecule has 0 amide bonds. The maximum Gasteiger partial charge on any atom is 0.347 e. The summed E-state index contributed by atoms with van der Waals surface area (Å²) in [4.78, 5) is 58.9. The minimum Gasteiger partial charge on any atom is -0.495 e. The lowest BCUT2D eigenvalue weighted by Gasteiger charge is -2.24. The number of likely N-dealkylation sites (N-methyl/N-ethyl adjacent to an activating group) is 2. The van der Waals surface area contributed by atoms with Gasteiger partial charge in [0.15, 0.2) is 0 Å². The molecule has 4 N–H and O–H groups in total. The van der Waals surface area contributed by atoms with Gasteiger partial charge in [0.25, 0.3) is 0 Å². The summed E-state index contributed by atoms with van der Waals surface area (Å²) in [5, 5.41) is 19.8. The fourth-order valence-electron chi connectivity index (χ4n) is 6.01. The van der Waals surface area contributed by atoms with Crippen LogP contribution in [0.5, 0.6) is 17.2 Å². The van der Waals surface area contributed by atoms with E-state index in [4.69, 9.17) is 24.1 Å². The Balaban J connectivity index is 1.16. The lowest BCUT2D eigenvalue weighted by molar-refractivity contribution is -0.138. The van der Waals surface area contributed by atoms with Crippen molar-refractivity contribution < 1.29 is 48.3 Å². The van der Waals surface area contributed by atoms with Gasteiger partial charge in [-0.3, -0.25) is 19.4 Å². The fraction of sp³-hybridized carbons (Fsp3) is 0.316. The van der Waals surface area contributed by atoms with E-state index >= 15 is 0 Å². The number of ether oxygens (including phenoxy) is 4. The van der Waals surface area contributed by atoms with Crippen molar-refractivity contribution in [1.82, 2.24) is 19.8 Å². The van der Waals surface area contributed by atoms with Gasteiger partial charge in [-0.2, -0.15) is 0 Å². The first kappa shape index (κ1) is 37.6. The van der Waals surface area contributed by atoms with E-state index in [1.807, 2.05) is 44.7 Å². The van der Waals surface area contributed by atoms with Crippen LogP contribution < -0.4 is 14.2 Å².